The predicted molar refractivity (Wildman–Crippen MR) is 197 cm³/mol. The minimum atomic E-state index is 0. The first-order valence-corrected chi connectivity index (χ1v) is 15.7. The summed E-state index contributed by atoms with van der Waals surface area (Å²) >= 11 is 27.9. The smallest absolute Gasteiger partial charge is 0.137 e. The Kier molecular flexibility index (Phi) is 14.2. The summed E-state index contributed by atoms with van der Waals surface area (Å²) in [4.78, 5) is 6.28. The van der Waals surface area contributed by atoms with Crippen molar-refractivity contribution in [2.24, 2.45) is 0 Å². The zero-order valence-electron chi connectivity index (χ0n) is 22.1. The molecule has 3 aliphatic heterocycles. The summed E-state index contributed by atoms with van der Waals surface area (Å²) < 4.78 is 2.02. The Morgan fingerprint density at radius 1 is 0.475 bits per heavy atom. The quantitative estimate of drug-likeness (QED) is 0.122. The first-order chi connectivity index (χ1) is 18.9. The van der Waals surface area contributed by atoms with Crippen LogP contribution in [-0.2, 0) is 19.3 Å². The van der Waals surface area contributed by atoms with Crippen LogP contribution in [0.1, 0.15) is 36.0 Å². The van der Waals surface area contributed by atoms with Crippen LogP contribution in [0.15, 0.2) is 72.8 Å². The van der Waals surface area contributed by atoms with Gasteiger partial charge in [-0.3, -0.25) is 0 Å². The van der Waals surface area contributed by atoms with Gasteiger partial charge in [0.2, 0.25) is 0 Å². The summed E-state index contributed by atoms with van der Waals surface area (Å²) in [5, 5.41) is 0. The number of hydrogen-bond acceptors (Lipinski definition) is 3. The Labute approximate surface area is 290 Å². The second-order valence-corrected chi connectivity index (χ2v) is 12.8. The molecule has 10 heteroatoms. The topological polar surface area (TPSA) is 9.72 Å². The van der Waals surface area contributed by atoms with Crippen LogP contribution in [0.4, 0.5) is 17.1 Å². The normalized spacial score (nSPS) is 14.9. The fourth-order valence-electron chi connectivity index (χ4n) is 5.20. The average molecular weight is 837 g/mol. The van der Waals surface area contributed by atoms with E-state index < -0.39 is 0 Å². The molecule has 0 unspecified atom stereocenters. The summed E-state index contributed by atoms with van der Waals surface area (Å²) in [7, 11) is 0. The second-order valence-electron chi connectivity index (χ2n) is 9.50. The number of aryl methyl sites for hydroxylation is 3. The third-order valence-corrected chi connectivity index (χ3v) is 8.41. The maximum atomic E-state index is 5.08. The predicted octanol–water partition coefficient (Wildman–Crippen LogP) is 7.58. The molecule has 0 saturated heterocycles. The van der Waals surface area contributed by atoms with Crippen molar-refractivity contribution in [3.05, 3.63) is 89.5 Å². The van der Waals surface area contributed by atoms with Crippen LogP contribution in [-0.4, -0.2) is 58.8 Å². The van der Waals surface area contributed by atoms with Crippen molar-refractivity contribution in [1.82, 2.24) is 0 Å². The van der Waals surface area contributed by atoms with Gasteiger partial charge in [0.15, 0.2) is 0 Å². The van der Waals surface area contributed by atoms with Gasteiger partial charge in [-0.25, -0.2) is 0 Å². The molecule has 3 aromatic carbocycles. The Balaban J connectivity index is 0.000000163. The van der Waals surface area contributed by atoms with Gasteiger partial charge in [-0.2, -0.15) is 0 Å². The molecule has 0 N–H and O–H groups in total. The van der Waals surface area contributed by atoms with Crippen molar-refractivity contribution >= 4 is 131 Å². The van der Waals surface area contributed by atoms with Crippen molar-refractivity contribution < 1.29 is 0 Å². The molecule has 40 heavy (non-hydrogen) atoms. The van der Waals surface area contributed by atoms with E-state index in [-0.39, 0.29) is 26.2 Å². The average Bonchev–Trinajstić information content (AvgIpc) is 2.96. The molecule has 0 aliphatic carbocycles. The first kappa shape index (κ1) is 33.8. The molecule has 0 spiro atoms. The number of anilines is 3. The summed E-state index contributed by atoms with van der Waals surface area (Å²) in [5.74, 6) is 0. The van der Waals surface area contributed by atoms with Crippen LogP contribution < -0.4 is 14.7 Å². The summed E-state index contributed by atoms with van der Waals surface area (Å²) in [6.45, 7) is 3.00. The number of para-hydroxylation sites is 3. The fourth-order valence-corrected chi connectivity index (χ4v) is 6.39. The monoisotopic (exact) mass is 836 g/mol. The molecular formula is C30H33BiN3S6. The minimum Gasteiger partial charge on any atom is -0.327 e. The first-order valence-electron chi connectivity index (χ1n) is 13.1. The molecule has 3 nitrogen and oxygen atoms in total. The molecule has 3 heterocycles. The van der Waals surface area contributed by atoms with E-state index in [1.165, 1.54) is 33.8 Å². The molecule has 3 radical (unpaired) electrons. The van der Waals surface area contributed by atoms with E-state index >= 15 is 0 Å². The van der Waals surface area contributed by atoms with Gasteiger partial charge < -0.3 is 14.7 Å². The van der Waals surface area contributed by atoms with Crippen molar-refractivity contribution in [3.63, 3.8) is 0 Å². The summed E-state index contributed by atoms with van der Waals surface area (Å²) in [5.41, 5.74) is 7.83. The van der Waals surface area contributed by atoms with Crippen LogP contribution in [0.3, 0.4) is 0 Å². The van der Waals surface area contributed by atoms with Gasteiger partial charge in [-0.05, 0) is 73.4 Å². The van der Waals surface area contributed by atoms with E-state index in [2.05, 4.69) is 107 Å². The van der Waals surface area contributed by atoms with Crippen molar-refractivity contribution in [2.75, 3.05) is 34.3 Å². The maximum absolute atomic E-state index is 5.08. The van der Waals surface area contributed by atoms with Crippen LogP contribution in [0.25, 0.3) is 0 Å². The van der Waals surface area contributed by atoms with Crippen LogP contribution in [0, 0.1) is 0 Å². The van der Waals surface area contributed by atoms with Gasteiger partial charge in [-0.15, -0.1) is 37.9 Å². The molecule has 0 fully saturated rings. The molecular weight excluding hydrogens is 804 g/mol. The van der Waals surface area contributed by atoms with E-state index in [4.69, 9.17) is 36.7 Å². The number of rotatable bonds is 0. The SMILES string of the molecule is S=C(S)N1CCCc2ccccc21.S=C(S)N1CCCc2ccccc21.S=C(S)N1CCCc2ccccc21.[Bi]. The van der Waals surface area contributed by atoms with Crippen LogP contribution in [0.5, 0.6) is 0 Å². The Hall–Kier alpha value is -0.737. The zero-order chi connectivity index (χ0) is 27.8. The number of benzene rings is 3. The van der Waals surface area contributed by atoms with Gasteiger partial charge in [0.25, 0.3) is 0 Å². The van der Waals surface area contributed by atoms with Crippen molar-refractivity contribution in [3.8, 4) is 0 Å². The third-order valence-electron chi connectivity index (χ3n) is 7.02. The number of thiol groups is 3. The summed E-state index contributed by atoms with van der Waals surface area (Å²) in [6, 6.07) is 25.2. The van der Waals surface area contributed by atoms with E-state index in [1.54, 1.807) is 0 Å². The number of hydrogen-bond donors (Lipinski definition) is 3. The van der Waals surface area contributed by atoms with Crippen LogP contribution in [0.2, 0.25) is 0 Å². The molecule has 3 aromatic rings. The fraction of sp³-hybridized carbons (Fsp3) is 0.300. The number of nitrogens with zero attached hydrogens (tertiary/aromatic N) is 3. The van der Waals surface area contributed by atoms with Gasteiger partial charge in [0.1, 0.15) is 13.0 Å². The van der Waals surface area contributed by atoms with Gasteiger partial charge in [0, 0.05) is 62.9 Å². The number of thiocarbonyl (C=S) groups is 3. The molecule has 209 valence electrons. The van der Waals surface area contributed by atoms with Gasteiger partial charge in [-0.1, -0.05) is 91.3 Å². The molecule has 3 aliphatic rings. The molecule has 0 aromatic heterocycles. The van der Waals surface area contributed by atoms with Crippen LogP contribution >= 0.6 is 74.5 Å². The third kappa shape index (κ3) is 8.89. The molecule has 0 bridgehead atoms. The van der Waals surface area contributed by atoms with E-state index in [0.29, 0.717) is 13.0 Å². The molecule has 0 amide bonds. The molecule has 6 rings (SSSR count). The van der Waals surface area contributed by atoms with Crippen molar-refractivity contribution in [1.29, 1.82) is 0 Å². The van der Waals surface area contributed by atoms with E-state index in [9.17, 15) is 0 Å². The number of fused-ring (bicyclic) bond motifs is 3. The standard InChI is InChI=1S/3C10H11NS2.Bi/c3*12-10(13)11-7-3-5-8-4-1-2-6-9(8)11;/h3*1-2,4,6H,3,5,7H2,(H,12,13);. The summed E-state index contributed by atoms with van der Waals surface area (Å²) in [6.07, 6.45) is 6.96. The van der Waals surface area contributed by atoms with Gasteiger partial charge >= 0.3 is 0 Å². The van der Waals surface area contributed by atoms with Crippen molar-refractivity contribution in [2.45, 2.75) is 38.5 Å². The van der Waals surface area contributed by atoms with E-state index in [1.807, 2.05) is 18.2 Å². The zero-order valence-corrected chi connectivity index (χ0v) is 30.8. The minimum absolute atomic E-state index is 0. The molecule has 0 saturated carbocycles. The Morgan fingerprint density at radius 2 is 0.725 bits per heavy atom. The van der Waals surface area contributed by atoms with Gasteiger partial charge in [0.05, 0.1) is 0 Å². The maximum Gasteiger partial charge on any atom is 0.137 e. The Morgan fingerprint density at radius 3 is 0.975 bits per heavy atom. The van der Waals surface area contributed by atoms with E-state index in [0.717, 1.165) is 58.2 Å². The Bertz CT molecular complexity index is 1170. The molecule has 0 atom stereocenters. The largest absolute Gasteiger partial charge is 0.327 e. The second kappa shape index (κ2) is 16.8.